The van der Waals surface area contributed by atoms with Gasteiger partial charge in [0.2, 0.25) is 5.88 Å². The van der Waals surface area contributed by atoms with Gasteiger partial charge < -0.3 is 10.5 Å². The summed E-state index contributed by atoms with van der Waals surface area (Å²) < 4.78 is 6.49. The summed E-state index contributed by atoms with van der Waals surface area (Å²) in [6, 6.07) is 1.93. The van der Waals surface area contributed by atoms with Crippen LogP contribution in [-0.2, 0) is 0 Å². The molecule has 0 spiro atoms. The largest absolute Gasteiger partial charge is 0.475 e. The Hall–Kier alpha value is -0.610. The normalized spacial score (nSPS) is 14.7. The molecule has 0 aliphatic rings. The van der Waals surface area contributed by atoms with Crippen LogP contribution in [0.15, 0.2) is 16.7 Å². The Kier molecular flexibility index (Phi) is 4.11. The fourth-order valence-electron chi connectivity index (χ4n) is 0.951. The predicted molar refractivity (Wildman–Crippen MR) is 65.1 cm³/mol. The smallest absolute Gasteiger partial charge is 0.228 e. The van der Waals surface area contributed by atoms with E-state index in [1.807, 2.05) is 26.8 Å². The van der Waals surface area contributed by atoms with Crippen LogP contribution in [0.25, 0.3) is 0 Å². The van der Waals surface area contributed by atoms with Crippen LogP contribution in [0.1, 0.15) is 25.8 Å². The first-order valence-corrected chi connectivity index (χ1v) is 5.78. The van der Waals surface area contributed by atoms with Gasteiger partial charge in [0.05, 0.1) is 4.47 Å². The summed E-state index contributed by atoms with van der Waals surface area (Å²) in [5, 5.41) is 0. The van der Waals surface area contributed by atoms with Gasteiger partial charge in [0, 0.05) is 11.7 Å². The second-order valence-corrected chi connectivity index (χ2v) is 4.84. The van der Waals surface area contributed by atoms with E-state index < -0.39 is 0 Å². The van der Waals surface area contributed by atoms with Gasteiger partial charge >= 0.3 is 0 Å². The highest BCUT2D eigenvalue weighted by molar-refractivity contribution is 9.10. The highest BCUT2D eigenvalue weighted by Crippen LogP contribution is 2.25. The van der Waals surface area contributed by atoms with Crippen molar-refractivity contribution >= 4 is 15.9 Å². The fourth-order valence-corrected chi connectivity index (χ4v) is 1.30. The molecule has 0 amide bonds. The summed E-state index contributed by atoms with van der Waals surface area (Å²) in [5.74, 6) is 0.611. The Morgan fingerprint density at radius 3 is 2.87 bits per heavy atom. The van der Waals surface area contributed by atoms with E-state index in [2.05, 4.69) is 20.9 Å². The maximum atomic E-state index is 5.98. The van der Waals surface area contributed by atoms with Crippen molar-refractivity contribution in [2.24, 2.45) is 5.73 Å². The number of pyridine rings is 1. The maximum Gasteiger partial charge on any atom is 0.228 e. The average Bonchev–Trinajstić information content (AvgIpc) is 2.20. The third kappa shape index (κ3) is 3.47. The molecular weight excluding hydrogens is 256 g/mol. The monoisotopic (exact) mass is 272 g/mol. The van der Waals surface area contributed by atoms with E-state index in [1.165, 1.54) is 0 Å². The Bertz CT molecular complexity index is 339. The van der Waals surface area contributed by atoms with Crippen molar-refractivity contribution in [2.45, 2.75) is 32.7 Å². The summed E-state index contributed by atoms with van der Waals surface area (Å²) >= 11 is 3.44. The minimum Gasteiger partial charge on any atom is -0.475 e. The molecule has 1 aromatic heterocycles. The minimum atomic E-state index is -0.301. The molecule has 2 N–H and O–H groups in total. The predicted octanol–water partition coefficient (Wildman–Crippen LogP) is 2.66. The molecule has 1 rings (SSSR count). The molecule has 0 radical (unpaired) electrons. The van der Waals surface area contributed by atoms with E-state index in [0.717, 1.165) is 16.5 Å². The van der Waals surface area contributed by atoms with Gasteiger partial charge in [0.25, 0.3) is 0 Å². The molecule has 1 atom stereocenters. The van der Waals surface area contributed by atoms with E-state index in [1.54, 1.807) is 6.20 Å². The Morgan fingerprint density at radius 1 is 1.60 bits per heavy atom. The molecule has 1 unspecified atom stereocenters. The van der Waals surface area contributed by atoms with E-state index in [4.69, 9.17) is 10.5 Å². The van der Waals surface area contributed by atoms with E-state index in [9.17, 15) is 0 Å². The Balaban J connectivity index is 2.70. The van der Waals surface area contributed by atoms with Gasteiger partial charge in [-0.2, -0.15) is 0 Å². The van der Waals surface area contributed by atoms with Crippen molar-refractivity contribution in [1.29, 1.82) is 0 Å². The maximum absolute atomic E-state index is 5.98. The summed E-state index contributed by atoms with van der Waals surface area (Å²) in [6.45, 7) is 6.48. The van der Waals surface area contributed by atoms with E-state index in [-0.39, 0.29) is 5.54 Å². The quantitative estimate of drug-likeness (QED) is 0.917. The third-order valence-electron chi connectivity index (χ3n) is 2.40. The zero-order valence-electron chi connectivity index (χ0n) is 9.38. The van der Waals surface area contributed by atoms with Crippen LogP contribution in [0.2, 0.25) is 0 Å². The molecule has 3 nitrogen and oxygen atoms in total. The Morgan fingerprint density at radius 2 is 2.27 bits per heavy atom. The lowest BCUT2D eigenvalue weighted by Gasteiger charge is -2.22. The first kappa shape index (κ1) is 12.5. The van der Waals surface area contributed by atoms with Gasteiger partial charge in [-0.1, -0.05) is 6.92 Å². The van der Waals surface area contributed by atoms with Crippen molar-refractivity contribution in [3.63, 3.8) is 0 Å². The summed E-state index contributed by atoms with van der Waals surface area (Å²) in [4.78, 5) is 4.15. The van der Waals surface area contributed by atoms with Crippen molar-refractivity contribution in [3.8, 4) is 5.88 Å². The molecular formula is C11H17BrN2O. The second-order valence-electron chi connectivity index (χ2n) is 4.04. The first-order valence-electron chi connectivity index (χ1n) is 4.99. The molecule has 15 heavy (non-hydrogen) atoms. The molecule has 84 valence electrons. The van der Waals surface area contributed by atoms with Crippen LogP contribution < -0.4 is 10.5 Å². The highest BCUT2D eigenvalue weighted by Gasteiger charge is 2.17. The lowest BCUT2D eigenvalue weighted by Crippen LogP contribution is -2.41. The van der Waals surface area contributed by atoms with Crippen LogP contribution in [0.3, 0.4) is 0 Å². The van der Waals surface area contributed by atoms with Gasteiger partial charge in [-0.05, 0) is 47.8 Å². The highest BCUT2D eigenvalue weighted by atomic mass is 79.9. The van der Waals surface area contributed by atoms with Crippen molar-refractivity contribution in [1.82, 2.24) is 4.98 Å². The summed E-state index contributed by atoms with van der Waals surface area (Å²) in [6.07, 6.45) is 2.60. The van der Waals surface area contributed by atoms with Crippen molar-refractivity contribution < 1.29 is 4.74 Å². The molecule has 0 aliphatic heterocycles. The summed E-state index contributed by atoms with van der Waals surface area (Å²) in [5.41, 5.74) is 6.79. The molecule has 4 heteroatoms. The molecule has 1 aromatic rings. The van der Waals surface area contributed by atoms with Gasteiger partial charge in [-0.3, -0.25) is 0 Å². The number of aromatic nitrogens is 1. The van der Waals surface area contributed by atoms with Gasteiger partial charge in [0.15, 0.2) is 0 Å². The number of hydrogen-bond acceptors (Lipinski definition) is 3. The van der Waals surface area contributed by atoms with Gasteiger partial charge in [-0.25, -0.2) is 4.98 Å². The molecule has 0 fully saturated rings. The van der Waals surface area contributed by atoms with Gasteiger partial charge in [0.1, 0.15) is 6.61 Å². The summed E-state index contributed by atoms with van der Waals surface area (Å²) in [7, 11) is 0. The van der Waals surface area contributed by atoms with Crippen LogP contribution >= 0.6 is 15.9 Å². The van der Waals surface area contributed by atoms with Crippen LogP contribution in [-0.4, -0.2) is 17.1 Å². The number of aryl methyl sites for hydroxylation is 1. The van der Waals surface area contributed by atoms with E-state index in [0.29, 0.717) is 12.5 Å². The van der Waals surface area contributed by atoms with Crippen molar-refractivity contribution in [2.75, 3.05) is 6.61 Å². The number of hydrogen-bond donors (Lipinski definition) is 1. The minimum absolute atomic E-state index is 0.301. The van der Waals surface area contributed by atoms with Crippen LogP contribution in [0, 0.1) is 6.92 Å². The molecule has 0 saturated carbocycles. The Labute approximate surface area is 99.2 Å². The van der Waals surface area contributed by atoms with Crippen molar-refractivity contribution in [3.05, 3.63) is 22.3 Å². The first-order chi connectivity index (χ1) is 6.96. The van der Waals surface area contributed by atoms with Crippen LogP contribution in [0.5, 0.6) is 5.88 Å². The van der Waals surface area contributed by atoms with Crippen LogP contribution in [0.4, 0.5) is 0 Å². The molecule has 0 saturated heterocycles. The number of nitrogens with two attached hydrogens (primary N) is 1. The second kappa shape index (κ2) is 4.94. The third-order valence-corrected chi connectivity index (χ3v) is 3.36. The average molecular weight is 273 g/mol. The number of halogens is 1. The lowest BCUT2D eigenvalue weighted by atomic mass is 10.0. The number of nitrogens with zero attached hydrogens (tertiary/aromatic N) is 1. The zero-order valence-corrected chi connectivity index (χ0v) is 11.0. The SMILES string of the molecule is CCC(C)(N)COc1nccc(C)c1Br. The standard InChI is InChI=1S/C11H17BrN2O/c1-4-11(3,13)7-15-10-9(12)8(2)5-6-14-10/h5-6H,4,7,13H2,1-3H3. The molecule has 1 heterocycles. The topological polar surface area (TPSA) is 48.1 Å². The van der Waals surface area contributed by atoms with E-state index >= 15 is 0 Å². The number of ether oxygens (including phenoxy) is 1. The lowest BCUT2D eigenvalue weighted by molar-refractivity contribution is 0.217. The molecule has 0 bridgehead atoms. The number of rotatable bonds is 4. The zero-order chi connectivity index (χ0) is 11.5. The molecule has 0 aliphatic carbocycles. The fraction of sp³-hybridized carbons (Fsp3) is 0.545. The molecule has 0 aromatic carbocycles. The van der Waals surface area contributed by atoms with Gasteiger partial charge in [-0.15, -0.1) is 0 Å².